The number of ketones is 1. The molecule has 1 aromatic carbocycles. The molecule has 0 bridgehead atoms. The van der Waals surface area contributed by atoms with E-state index in [9.17, 15) is 4.79 Å². The Morgan fingerprint density at radius 2 is 1.90 bits per heavy atom. The summed E-state index contributed by atoms with van der Waals surface area (Å²) in [7, 11) is 3.16. The van der Waals surface area contributed by atoms with Crippen LogP contribution in [0.25, 0.3) is 11.0 Å². The molecule has 0 amide bonds. The molecule has 0 saturated carbocycles. The number of carbonyl (C=O) groups excluding carboxylic acids is 1. The van der Waals surface area contributed by atoms with Gasteiger partial charge in [-0.3, -0.25) is 4.79 Å². The predicted molar refractivity (Wildman–Crippen MR) is 80.1 cm³/mol. The smallest absolute Gasteiger partial charge is 0.193 e. The summed E-state index contributed by atoms with van der Waals surface area (Å²) in [5, 5.41) is 1.02. The number of methoxy groups -OCH3 is 2. The van der Waals surface area contributed by atoms with Crippen molar-refractivity contribution < 1.29 is 18.7 Å². The van der Waals surface area contributed by atoms with Gasteiger partial charge in [0.2, 0.25) is 0 Å². The topological polar surface area (TPSA) is 48.7 Å². The number of carbonyl (C=O) groups is 1. The second-order valence-electron chi connectivity index (χ2n) is 5.41. The fraction of sp³-hybridized carbons (Fsp3) is 0.353. The number of fused-ring (bicyclic) bond motifs is 2. The summed E-state index contributed by atoms with van der Waals surface area (Å²) in [5.74, 6) is 1.10. The van der Waals surface area contributed by atoms with Crippen molar-refractivity contribution in [2.24, 2.45) is 0 Å². The molecule has 1 aromatic heterocycles. The van der Waals surface area contributed by atoms with Crippen molar-refractivity contribution in [3.05, 3.63) is 40.4 Å². The highest BCUT2D eigenvalue weighted by Gasteiger charge is 2.33. The third-order valence-corrected chi connectivity index (χ3v) is 4.28. The van der Waals surface area contributed by atoms with Gasteiger partial charge in [0, 0.05) is 17.4 Å². The van der Waals surface area contributed by atoms with E-state index >= 15 is 0 Å². The van der Waals surface area contributed by atoms with Crippen LogP contribution in [0.3, 0.4) is 0 Å². The van der Waals surface area contributed by atoms with Gasteiger partial charge in [-0.1, -0.05) is 6.92 Å². The zero-order valence-corrected chi connectivity index (χ0v) is 12.9. The number of aryl methyl sites for hydroxylation is 2. The summed E-state index contributed by atoms with van der Waals surface area (Å²) in [6.07, 6.45) is 3.24. The third-order valence-electron chi connectivity index (χ3n) is 4.28. The lowest BCUT2D eigenvalue weighted by Gasteiger charge is -2.26. The standard InChI is InChI=1S/C17H18O4/c1-8-7-21-17-13(8)10(3)14-9(2)12(19-4)6-11(18)15(14)16(17)20-5/h6-7,9H,1-5H3/t9-/m0/s1. The molecule has 1 aliphatic rings. The van der Waals surface area contributed by atoms with E-state index in [0.29, 0.717) is 22.7 Å². The van der Waals surface area contributed by atoms with Crippen molar-refractivity contribution in [3.63, 3.8) is 0 Å². The molecule has 0 radical (unpaired) electrons. The molecule has 21 heavy (non-hydrogen) atoms. The lowest BCUT2D eigenvalue weighted by molar-refractivity contribution is 0.103. The largest absolute Gasteiger partial charge is 0.500 e. The number of hydrogen-bond acceptors (Lipinski definition) is 4. The Bertz CT molecular complexity index is 780. The minimum Gasteiger partial charge on any atom is -0.500 e. The molecule has 4 nitrogen and oxygen atoms in total. The molecule has 1 atom stereocenters. The van der Waals surface area contributed by atoms with Gasteiger partial charge in [-0.2, -0.15) is 0 Å². The summed E-state index contributed by atoms with van der Waals surface area (Å²) in [5.41, 5.74) is 4.28. The summed E-state index contributed by atoms with van der Waals surface area (Å²) < 4.78 is 16.5. The molecule has 0 aliphatic heterocycles. The maximum atomic E-state index is 12.5. The predicted octanol–water partition coefficient (Wildman–Crippen LogP) is 3.89. The first-order chi connectivity index (χ1) is 10.0. The number of hydrogen-bond donors (Lipinski definition) is 0. The molecule has 4 heteroatoms. The van der Waals surface area contributed by atoms with Crippen LogP contribution in [0.2, 0.25) is 0 Å². The zero-order valence-electron chi connectivity index (χ0n) is 12.9. The SMILES string of the molecule is COC1=CC(=O)c2c(c(C)c3c(C)coc3c2OC)[C@H]1C. The molecule has 0 spiro atoms. The number of rotatable bonds is 2. The fourth-order valence-corrected chi connectivity index (χ4v) is 3.32. The van der Waals surface area contributed by atoms with Gasteiger partial charge in [0.15, 0.2) is 17.1 Å². The van der Waals surface area contributed by atoms with Crippen LogP contribution in [0.5, 0.6) is 5.75 Å². The monoisotopic (exact) mass is 286 g/mol. The Morgan fingerprint density at radius 1 is 1.19 bits per heavy atom. The van der Waals surface area contributed by atoms with Crippen LogP contribution in [-0.2, 0) is 4.74 Å². The van der Waals surface area contributed by atoms with Crippen LogP contribution < -0.4 is 4.74 Å². The Morgan fingerprint density at radius 3 is 2.52 bits per heavy atom. The number of ether oxygens (including phenoxy) is 2. The number of furan rings is 1. The maximum Gasteiger partial charge on any atom is 0.193 e. The maximum absolute atomic E-state index is 12.5. The van der Waals surface area contributed by atoms with Crippen molar-refractivity contribution in [1.29, 1.82) is 0 Å². The van der Waals surface area contributed by atoms with Gasteiger partial charge < -0.3 is 13.9 Å². The quantitative estimate of drug-likeness (QED) is 0.840. The molecule has 0 N–H and O–H groups in total. The van der Waals surface area contributed by atoms with E-state index in [0.717, 1.165) is 22.1 Å². The van der Waals surface area contributed by atoms with E-state index in [-0.39, 0.29) is 11.7 Å². The van der Waals surface area contributed by atoms with Crippen LogP contribution in [0.1, 0.15) is 39.9 Å². The Hall–Kier alpha value is -2.23. The van der Waals surface area contributed by atoms with Gasteiger partial charge in [-0.25, -0.2) is 0 Å². The highest BCUT2D eigenvalue weighted by molar-refractivity contribution is 6.13. The summed E-state index contributed by atoms with van der Waals surface area (Å²) >= 11 is 0. The van der Waals surface area contributed by atoms with Gasteiger partial charge in [-0.05, 0) is 30.5 Å². The lowest BCUT2D eigenvalue weighted by atomic mass is 9.81. The van der Waals surface area contributed by atoms with E-state index < -0.39 is 0 Å². The van der Waals surface area contributed by atoms with Crippen molar-refractivity contribution in [1.82, 2.24) is 0 Å². The van der Waals surface area contributed by atoms with Crippen LogP contribution >= 0.6 is 0 Å². The highest BCUT2D eigenvalue weighted by Crippen LogP contribution is 2.45. The third kappa shape index (κ3) is 1.71. The molecule has 3 rings (SSSR count). The molecular weight excluding hydrogens is 268 g/mol. The highest BCUT2D eigenvalue weighted by atomic mass is 16.5. The van der Waals surface area contributed by atoms with Crippen molar-refractivity contribution in [3.8, 4) is 5.75 Å². The minimum absolute atomic E-state index is 0.00954. The van der Waals surface area contributed by atoms with Crippen molar-refractivity contribution in [2.75, 3.05) is 14.2 Å². The van der Waals surface area contributed by atoms with Gasteiger partial charge in [0.1, 0.15) is 5.76 Å². The van der Waals surface area contributed by atoms with Crippen molar-refractivity contribution in [2.45, 2.75) is 26.7 Å². The number of allylic oxidation sites excluding steroid dienone is 2. The van der Waals surface area contributed by atoms with Gasteiger partial charge in [0.05, 0.1) is 26.0 Å². The molecular formula is C17H18O4. The molecule has 0 fully saturated rings. The second-order valence-corrected chi connectivity index (χ2v) is 5.41. The Labute approximate surface area is 123 Å². The van der Waals surface area contributed by atoms with E-state index in [1.54, 1.807) is 20.5 Å². The molecule has 0 saturated heterocycles. The minimum atomic E-state index is -0.101. The van der Waals surface area contributed by atoms with Crippen molar-refractivity contribution >= 4 is 16.8 Å². The van der Waals surface area contributed by atoms with E-state index in [1.165, 1.54) is 6.08 Å². The first-order valence-electron chi connectivity index (χ1n) is 6.89. The first-order valence-corrected chi connectivity index (χ1v) is 6.89. The van der Waals surface area contributed by atoms with Crippen LogP contribution in [0.4, 0.5) is 0 Å². The molecule has 1 heterocycles. The average Bonchev–Trinajstić information content (AvgIpc) is 2.85. The van der Waals surface area contributed by atoms with Gasteiger partial charge in [0.25, 0.3) is 0 Å². The van der Waals surface area contributed by atoms with Crippen LogP contribution in [0, 0.1) is 13.8 Å². The van der Waals surface area contributed by atoms with E-state index in [2.05, 4.69) is 0 Å². The molecule has 0 unspecified atom stereocenters. The Balaban J connectivity index is 2.47. The summed E-state index contributed by atoms with van der Waals surface area (Å²) in [6.45, 7) is 6.05. The summed E-state index contributed by atoms with van der Waals surface area (Å²) in [6, 6.07) is 0. The van der Waals surface area contributed by atoms with Gasteiger partial charge in [-0.15, -0.1) is 0 Å². The first kappa shape index (κ1) is 13.7. The molecule has 2 aromatic rings. The second kappa shape index (κ2) is 4.65. The summed E-state index contributed by atoms with van der Waals surface area (Å²) in [4.78, 5) is 12.5. The Kier molecular flexibility index (Phi) is 3.04. The molecule has 1 aliphatic carbocycles. The van der Waals surface area contributed by atoms with Gasteiger partial charge >= 0.3 is 0 Å². The molecule has 110 valence electrons. The average molecular weight is 286 g/mol. The lowest BCUT2D eigenvalue weighted by Crippen LogP contribution is -2.17. The normalized spacial score (nSPS) is 17.7. The van der Waals surface area contributed by atoms with Crippen LogP contribution in [0.15, 0.2) is 22.5 Å². The zero-order chi connectivity index (χ0) is 15.3. The van der Waals surface area contributed by atoms with E-state index in [4.69, 9.17) is 13.9 Å². The van der Waals surface area contributed by atoms with E-state index in [1.807, 2.05) is 20.8 Å². The number of benzene rings is 1. The van der Waals surface area contributed by atoms with Crippen LogP contribution in [-0.4, -0.2) is 20.0 Å². The fourth-order valence-electron chi connectivity index (χ4n) is 3.32.